The van der Waals surface area contributed by atoms with Gasteiger partial charge in [-0.05, 0) is 35.2 Å². The molecule has 2 atom stereocenters. The Morgan fingerprint density at radius 1 is 1.48 bits per heavy atom. The number of thiophene rings is 1. The summed E-state index contributed by atoms with van der Waals surface area (Å²) in [5.41, 5.74) is 0.988. The first-order chi connectivity index (χ1) is 10.2. The Hall–Kier alpha value is -1.44. The highest BCUT2D eigenvalue weighted by molar-refractivity contribution is 7.07. The number of rotatable bonds is 6. The Morgan fingerprint density at radius 2 is 2.29 bits per heavy atom. The monoisotopic (exact) mass is 312 g/mol. The van der Waals surface area contributed by atoms with Gasteiger partial charge in [-0.2, -0.15) is 11.3 Å². The molecule has 0 radical (unpaired) electrons. The van der Waals surface area contributed by atoms with Crippen molar-refractivity contribution in [3.63, 3.8) is 0 Å². The van der Waals surface area contributed by atoms with E-state index in [0.29, 0.717) is 6.54 Å². The lowest BCUT2D eigenvalue weighted by Gasteiger charge is -2.15. The molecule has 2 amide bonds. The molecule has 7 heteroatoms. The van der Waals surface area contributed by atoms with Gasteiger partial charge in [0.15, 0.2) is 0 Å². The van der Waals surface area contributed by atoms with E-state index < -0.39 is 11.8 Å². The van der Waals surface area contributed by atoms with E-state index in [1.165, 1.54) is 0 Å². The first-order valence-corrected chi connectivity index (χ1v) is 7.87. The van der Waals surface area contributed by atoms with Gasteiger partial charge in [-0.1, -0.05) is 0 Å². The summed E-state index contributed by atoms with van der Waals surface area (Å²) < 4.78 is 10.7. The van der Waals surface area contributed by atoms with Crippen molar-refractivity contribution in [1.82, 2.24) is 10.6 Å². The lowest BCUT2D eigenvalue weighted by Crippen LogP contribution is -2.43. The Kier molecular flexibility index (Phi) is 6.16. The molecule has 6 nitrogen and oxygen atoms in total. The number of hydrogen-bond donors (Lipinski definition) is 2. The predicted octanol–water partition coefficient (Wildman–Crippen LogP) is 0.847. The molecule has 2 rings (SSSR count). The molecule has 1 aromatic heterocycles. The van der Waals surface area contributed by atoms with Gasteiger partial charge in [0.2, 0.25) is 0 Å². The van der Waals surface area contributed by atoms with Gasteiger partial charge in [-0.3, -0.25) is 9.59 Å². The van der Waals surface area contributed by atoms with Gasteiger partial charge in [-0.15, -0.1) is 0 Å². The van der Waals surface area contributed by atoms with E-state index >= 15 is 0 Å². The third kappa shape index (κ3) is 4.80. The van der Waals surface area contributed by atoms with E-state index in [0.717, 1.165) is 25.0 Å². The smallest absolute Gasteiger partial charge is 0.309 e. The summed E-state index contributed by atoms with van der Waals surface area (Å²) in [5.74, 6) is -1.28. The Morgan fingerprint density at radius 3 is 2.90 bits per heavy atom. The molecule has 2 N–H and O–H groups in total. The van der Waals surface area contributed by atoms with Crippen LogP contribution in [-0.4, -0.2) is 44.7 Å². The molecular weight excluding hydrogens is 292 g/mol. The second kappa shape index (κ2) is 8.11. The largest absolute Gasteiger partial charge is 0.376 e. The van der Waals surface area contributed by atoms with E-state index in [-0.39, 0.29) is 18.8 Å². The van der Waals surface area contributed by atoms with Crippen molar-refractivity contribution in [3.8, 4) is 0 Å². The first-order valence-electron chi connectivity index (χ1n) is 6.93. The minimum absolute atomic E-state index is 0.0271. The Balaban J connectivity index is 1.71. The molecule has 1 aliphatic heterocycles. The van der Waals surface area contributed by atoms with Crippen molar-refractivity contribution >= 4 is 23.2 Å². The van der Waals surface area contributed by atoms with Crippen LogP contribution in [0.5, 0.6) is 0 Å². The number of nitrogens with one attached hydrogen (secondary N) is 2. The quantitative estimate of drug-likeness (QED) is 0.764. The zero-order chi connectivity index (χ0) is 15.1. The zero-order valence-electron chi connectivity index (χ0n) is 12.0. The standard InChI is InChI=1S/C14H20N2O4S/c1-19-12(10-4-6-21-9-10)8-16-14(18)13(17)15-7-11-3-2-5-20-11/h4,6,9,11-12H,2-3,5,7-8H2,1H3,(H,15,17)(H,16,18). The van der Waals surface area contributed by atoms with Crippen LogP contribution in [0.1, 0.15) is 24.5 Å². The van der Waals surface area contributed by atoms with Gasteiger partial charge >= 0.3 is 11.8 Å². The van der Waals surface area contributed by atoms with Crippen LogP contribution >= 0.6 is 11.3 Å². The number of ether oxygens (including phenoxy) is 2. The molecule has 0 aliphatic carbocycles. The fourth-order valence-electron chi connectivity index (χ4n) is 2.15. The van der Waals surface area contributed by atoms with Crippen LogP contribution < -0.4 is 10.6 Å². The third-order valence-corrected chi connectivity index (χ3v) is 4.07. The second-order valence-electron chi connectivity index (χ2n) is 4.84. The number of methoxy groups -OCH3 is 1. The number of carbonyl (C=O) groups is 2. The van der Waals surface area contributed by atoms with Crippen LogP contribution in [0.2, 0.25) is 0 Å². The lowest BCUT2D eigenvalue weighted by molar-refractivity contribution is -0.139. The van der Waals surface area contributed by atoms with Crippen LogP contribution in [0.4, 0.5) is 0 Å². The van der Waals surface area contributed by atoms with Crippen molar-refractivity contribution in [2.75, 3.05) is 26.8 Å². The molecule has 0 spiro atoms. The van der Waals surface area contributed by atoms with E-state index in [1.807, 2.05) is 16.8 Å². The third-order valence-electron chi connectivity index (χ3n) is 3.37. The summed E-state index contributed by atoms with van der Waals surface area (Å²) in [5, 5.41) is 9.07. The molecule has 0 saturated carbocycles. The van der Waals surface area contributed by atoms with E-state index in [9.17, 15) is 9.59 Å². The number of amides is 2. The summed E-state index contributed by atoms with van der Waals surface area (Å²) in [6.07, 6.45) is 1.71. The predicted molar refractivity (Wildman–Crippen MR) is 79.1 cm³/mol. The van der Waals surface area contributed by atoms with E-state index in [4.69, 9.17) is 9.47 Å². The average Bonchev–Trinajstić information content (AvgIpc) is 3.18. The lowest BCUT2D eigenvalue weighted by atomic mass is 10.2. The molecule has 0 bridgehead atoms. The van der Waals surface area contributed by atoms with Crippen molar-refractivity contribution in [2.24, 2.45) is 0 Å². The fourth-order valence-corrected chi connectivity index (χ4v) is 2.86. The average molecular weight is 312 g/mol. The Bertz CT molecular complexity index is 458. The van der Waals surface area contributed by atoms with Crippen LogP contribution in [0.25, 0.3) is 0 Å². The normalized spacial score (nSPS) is 19.2. The van der Waals surface area contributed by atoms with E-state index in [1.54, 1.807) is 18.4 Å². The maximum atomic E-state index is 11.7. The molecule has 116 valence electrons. The molecule has 21 heavy (non-hydrogen) atoms. The SMILES string of the molecule is COC(CNC(=O)C(=O)NCC1CCCO1)c1ccsc1. The zero-order valence-corrected chi connectivity index (χ0v) is 12.8. The topological polar surface area (TPSA) is 76.7 Å². The summed E-state index contributed by atoms with van der Waals surface area (Å²) >= 11 is 1.56. The summed E-state index contributed by atoms with van der Waals surface area (Å²) in [6.45, 7) is 1.37. The molecule has 1 aromatic rings. The molecule has 0 aromatic carbocycles. The highest BCUT2D eigenvalue weighted by Gasteiger charge is 2.20. The van der Waals surface area contributed by atoms with Gasteiger partial charge in [0.25, 0.3) is 0 Å². The molecule has 2 heterocycles. The van der Waals surface area contributed by atoms with Crippen molar-refractivity contribution in [2.45, 2.75) is 25.0 Å². The van der Waals surface area contributed by atoms with Crippen LogP contribution in [-0.2, 0) is 19.1 Å². The summed E-state index contributed by atoms with van der Waals surface area (Å²) in [4.78, 5) is 23.4. The van der Waals surface area contributed by atoms with Gasteiger partial charge in [0.05, 0.1) is 6.10 Å². The van der Waals surface area contributed by atoms with E-state index in [2.05, 4.69) is 10.6 Å². The van der Waals surface area contributed by atoms with Crippen molar-refractivity contribution in [1.29, 1.82) is 0 Å². The second-order valence-corrected chi connectivity index (χ2v) is 5.62. The highest BCUT2D eigenvalue weighted by Crippen LogP contribution is 2.18. The maximum Gasteiger partial charge on any atom is 0.309 e. The molecule has 1 fully saturated rings. The fraction of sp³-hybridized carbons (Fsp3) is 0.571. The van der Waals surface area contributed by atoms with Gasteiger partial charge in [0.1, 0.15) is 6.10 Å². The minimum Gasteiger partial charge on any atom is -0.376 e. The first kappa shape index (κ1) is 15.9. The van der Waals surface area contributed by atoms with Crippen molar-refractivity contribution in [3.05, 3.63) is 22.4 Å². The van der Waals surface area contributed by atoms with Gasteiger partial charge < -0.3 is 20.1 Å². The molecule has 1 aliphatic rings. The van der Waals surface area contributed by atoms with Crippen molar-refractivity contribution < 1.29 is 19.1 Å². The summed E-state index contributed by atoms with van der Waals surface area (Å²) in [6, 6.07) is 1.93. The molecule has 1 saturated heterocycles. The minimum atomic E-state index is -0.648. The summed E-state index contributed by atoms with van der Waals surface area (Å²) in [7, 11) is 1.58. The molecular formula is C14H20N2O4S. The maximum absolute atomic E-state index is 11.7. The van der Waals surface area contributed by atoms with Gasteiger partial charge in [-0.25, -0.2) is 0 Å². The van der Waals surface area contributed by atoms with Crippen LogP contribution in [0, 0.1) is 0 Å². The van der Waals surface area contributed by atoms with Crippen LogP contribution in [0.15, 0.2) is 16.8 Å². The number of carbonyl (C=O) groups excluding carboxylic acids is 2. The Labute approximate surface area is 127 Å². The highest BCUT2D eigenvalue weighted by atomic mass is 32.1. The van der Waals surface area contributed by atoms with Crippen LogP contribution in [0.3, 0.4) is 0 Å². The molecule has 2 unspecified atom stereocenters. The van der Waals surface area contributed by atoms with Gasteiger partial charge in [0, 0.05) is 26.8 Å². The number of hydrogen-bond acceptors (Lipinski definition) is 5.